The van der Waals surface area contributed by atoms with Crippen molar-refractivity contribution < 1.29 is 5.11 Å². The smallest absolute Gasteiger partial charge is 0.126 e. The Kier molecular flexibility index (Phi) is 8.45. The summed E-state index contributed by atoms with van der Waals surface area (Å²) in [6.07, 6.45) is 13.0. The van der Waals surface area contributed by atoms with Crippen LogP contribution in [0, 0.1) is 0 Å². The first-order chi connectivity index (χ1) is 11.8. The normalized spacial score (nSPS) is 10.9. The fourth-order valence-corrected chi connectivity index (χ4v) is 3.27. The number of hydrogen-bond donors (Lipinski definition) is 1. The van der Waals surface area contributed by atoms with Gasteiger partial charge in [0.2, 0.25) is 0 Å². The summed E-state index contributed by atoms with van der Waals surface area (Å²) in [5.74, 6) is 0.461. The molecule has 2 aromatic rings. The minimum absolute atomic E-state index is 0.461. The summed E-state index contributed by atoms with van der Waals surface area (Å²) in [6.45, 7) is 2.27. The molecule has 0 atom stereocenters. The van der Waals surface area contributed by atoms with Crippen LogP contribution in [0.25, 0.3) is 11.1 Å². The zero-order valence-electron chi connectivity index (χ0n) is 15.1. The Morgan fingerprint density at radius 3 is 1.96 bits per heavy atom. The van der Waals surface area contributed by atoms with Crippen molar-refractivity contribution in [3.63, 3.8) is 0 Å². The largest absolute Gasteiger partial charge is 0.507 e. The van der Waals surface area contributed by atoms with Gasteiger partial charge in [0.25, 0.3) is 0 Å². The van der Waals surface area contributed by atoms with E-state index in [9.17, 15) is 5.11 Å². The first kappa shape index (κ1) is 18.6. The third kappa shape index (κ3) is 6.03. The van der Waals surface area contributed by atoms with Crippen molar-refractivity contribution in [1.29, 1.82) is 0 Å². The quantitative estimate of drug-likeness (QED) is 0.436. The van der Waals surface area contributed by atoms with Crippen LogP contribution < -0.4 is 0 Å². The maximum absolute atomic E-state index is 10.6. The van der Waals surface area contributed by atoms with Crippen molar-refractivity contribution in [1.82, 2.24) is 0 Å². The predicted octanol–water partition coefficient (Wildman–Crippen LogP) is 7.13. The van der Waals surface area contributed by atoms with Gasteiger partial charge in [0.15, 0.2) is 0 Å². The molecule has 0 spiro atoms. The molecule has 24 heavy (non-hydrogen) atoms. The molecule has 0 aliphatic rings. The highest BCUT2D eigenvalue weighted by atomic mass is 16.3. The monoisotopic (exact) mass is 324 g/mol. The van der Waals surface area contributed by atoms with E-state index in [4.69, 9.17) is 0 Å². The molecule has 1 N–H and O–H groups in total. The lowest BCUT2D eigenvalue weighted by Crippen LogP contribution is -1.90. The molecule has 0 saturated carbocycles. The molecule has 0 aliphatic heterocycles. The molecule has 0 amide bonds. The zero-order valence-corrected chi connectivity index (χ0v) is 15.1. The average molecular weight is 325 g/mol. The van der Waals surface area contributed by atoms with Gasteiger partial charge in [-0.05, 0) is 24.0 Å². The molecule has 0 saturated heterocycles. The second-order valence-corrected chi connectivity index (χ2v) is 6.76. The maximum Gasteiger partial charge on any atom is 0.126 e. The molecule has 130 valence electrons. The highest BCUT2D eigenvalue weighted by Crippen LogP contribution is 2.32. The lowest BCUT2D eigenvalue weighted by atomic mass is 9.98. The van der Waals surface area contributed by atoms with Gasteiger partial charge in [0.05, 0.1) is 0 Å². The van der Waals surface area contributed by atoms with Crippen molar-refractivity contribution in [3.8, 4) is 16.9 Å². The van der Waals surface area contributed by atoms with Gasteiger partial charge in [-0.3, -0.25) is 0 Å². The van der Waals surface area contributed by atoms with Crippen LogP contribution in [0.5, 0.6) is 5.75 Å². The standard InChI is InChI=1S/C23H32O/c1-2-3-4-5-6-7-8-9-11-17-21-18-14-19-22(23(21)24)20-15-12-10-13-16-20/h10,12-16,18-19,24H,2-9,11,17H2,1H3. The van der Waals surface area contributed by atoms with Crippen molar-refractivity contribution >= 4 is 0 Å². The molecule has 1 nitrogen and oxygen atoms in total. The molecule has 0 aliphatic carbocycles. The van der Waals surface area contributed by atoms with E-state index in [-0.39, 0.29) is 0 Å². The number of phenolic OH excluding ortho intramolecular Hbond substituents is 1. The summed E-state index contributed by atoms with van der Waals surface area (Å²) >= 11 is 0. The Balaban J connectivity index is 1.74. The van der Waals surface area contributed by atoms with Gasteiger partial charge in [0, 0.05) is 5.56 Å². The molecule has 0 radical (unpaired) electrons. The maximum atomic E-state index is 10.6. The van der Waals surface area contributed by atoms with Crippen molar-refractivity contribution in [3.05, 3.63) is 54.1 Å². The summed E-state index contributed by atoms with van der Waals surface area (Å²) in [4.78, 5) is 0. The fourth-order valence-electron chi connectivity index (χ4n) is 3.27. The van der Waals surface area contributed by atoms with Crippen molar-refractivity contribution in [2.75, 3.05) is 0 Å². The summed E-state index contributed by atoms with van der Waals surface area (Å²) in [5, 5.41) is 10.6. The Hall–Kier alpha value is -1.76. The molecule has 2 rings (SSSR count). The number of benzene rings is 2. The number of rotatable bonds is 11. The van der Waals surface area contributed by atoms with Crippen LogP contribution >= 0.6 is 0 Å². The Bertz CT molecular complexity index is 574. The van der Waals surface area contributed by atoms with Crippen LogP contribution in [0.1, 0.15) is 70.3 Å². The van der Waals surface area contributed by atoms with Gasteiger partial charge in [-0.2, -0.15) is 0 Å². The average Bonchev–Trinajstić information content (AvgIpc) is 2.62. The van der Waals surface area contributed by atoms with E-state index in [1.165, 1.54) is 57.8 Å². The SMILES string of the molecule is CCCCCCCCCCCc1cccc(-c2ccccc2)c1O. The molecule has 2 aromatic carbocycles. The van der Waals surface area contributed by atoms with E-state index in [2.05, 4.69) is 31.2 Å². The van der Waals surface area contributed by atoms with E-state index < -0.39 is 0 Å². The molecule has 0 fully saturated rings. The minimum atomic E-state index is 0.461. The summed E-state index contributed by atoms with van der Waals surface area (Å²) in [7, 11) is 0. The summed E-state index contributed by atoms with van der Waals surface area (Å²) < 4.78 is 0. The second-order valence-electron chi connectivity index (χ2n) is 6.76. The first-order valence-corrected chi connectivity index (χ1v) is 9.69. The van der Waals surface area contributed by atoms with E-state index >= 15 is 0 Å². The van der Waals surface area contributed by atoms with Crippen molar-refractivity contribution in [2.24, 2.45) is 0 Å². The molecule has 0 aromatic heterocycles. The third-order valence-corrected chi connectivity index (χ3v) is 4.75. The second kappa shape index (κ2) is 10.9. The van der Waals surface area contributed by atoms with E-state index in [0.29, 0.717) is 5.75 Å². The van der Waals surface area contributed by atoms with Crippen LogP contribution in [0.15, 0.2) is 48.5 Å². The lowest BCUT2D eigenvalue weighted by Gasteiger charge is -2.10. The van der Waals surface area contributed by atoms with Crippen LogP contribution in [0.3, 0.4) is 0 Å². The lowest BCUT2D eigenvalue weighted by molar-refractivity contribution is 0.468. The Labute approximate surface area is 147 Å². The zero-order chi connectivity index (χ0) is 17.0. The Morgan fingerprint density at radius 1 is 0.667 bits per heavy atom. The number of unbranched alkanes of at least 4 members (excludes halogenated alkanes) is 8. The van der Waals surface area contributed by atoms with E-state index in [0.717, 1.165) is 23.1 Å². The first-order valence-electron chi connectivity index (χ1n) is 9.69. The number of hydrogen-bond acceptors (Lipinski definition) is 1. The van der Waals surface area contributed by atoms with Crippen molar-refractivity contribution in [2.45, 2.75) is 71.1 Å². The van der Waals surface area contributed by atoms with Crippen LogP contribution in [0.4, 0.5) is 0 Å². The third-order valence-electron chi connectivity index (χ3n) is 4.75. The number of aryl methyl sites for hydroxylation is 1. The van der Waals surface area contributed by atoms with Gasteiger partial charge in [0.1, 0.15) is 5.75 Å². The van der Waals surface area contributed by atoms with Gasteiger partial charge < -0.3 is 5.11 Å². The summed E-state index contributed by atoms with van der Waals surface area (Å²) in [6, 6.07) is 16.3. The number of aromatic hydroxyl groups is 1. The van der Waals surface area contributed by atoms with Crippen LogP contribution in [-0.2, 0) is 6.42 Å². The highest BCUT2D eigenvalue weighted by molar-refractivity contribution is 5.71. The van der Waals surface area contributed by atoms with E-state index in [1.54, 1.807) is 0 Å². The molecule has 1 heteroatoms. The minimum Gasteiger partial charge on any atom is -0.507 e. The molecule has 0 bridgehead atoms. The topological polar surface area (TPSA) is 20.2 Å². The predicted molar refractivity (Wildman–Crippen MR) is 104 cm³/mol. The van der Waals surface area contributed by atoms with Crippen LogP contribution in [0.2, 0.25) is 0 Å². The van der Waals surface area contributed by atoms with Gasteiger partial charge in [-0.25, -0.2) is 0 Å². The molecule has 0 heterocycles. The highest BCUT2D eigenvalue weighted by Gasteiger charge is 2.08. The molecule has 0 unspecified atom stereocenters. The van der Waals surface area contributed by atoms with Gasteiger partial charge in [-0.15, -0.1) is 0 Å². The molecular weight excluding hydrogens is 292 g/mol. The Morgan fingerprint density at radius 2 is 1.29 bits per heavy atom. The molecular formula is C23H32O. The van der Waals surface area contributed by atoms with E-state index in [1.807, 2.05) is 24.3 Å². The number of para-hydroxylation sites is 1. The summed E-state index contributed by atoms with van der Waals surface area (Å²) in [5.41, 5.74) is 3.12. The van der Waals surface area contributed by atoms with Crippen LogP contribution in [-0.4, -0.2) is 5.11 Å². The fraction of sp³-hybridized carbons (Fsp3) is 0.478. The number of phenols is 1. The van der Waals surface area contributed by atoms with Gasteiger partial charge in [-0.1, -0.05) is 107 Å². The van der Waals surface area contributed by atoms with Gasteiger partial charge >= 0.3 is 0 Å².